The Kier molecular flexibility index (Phi) is 10.5. The van der Waals surface area contributed by atoms with Crippen LogP contribution in [-0.4, -0.2) is 96.4 Å². The number of likely N-dealkylation sites (tertiary alicyclic amines) is 1. The van der Waals surface area contributed by atoms with Gasteiger partial charge < -0.3 is 40.9 Å². The van der Waals surface area contributed by atoms with Crippen LogP contribution < -0.4 is 11.1 Å². The third-order valence-electron chi connectivity index (χ3n) is 13.3. The highest BCUT2D eigenvalue weighted by molar-refractivity contribution is 7.22. The van der Waals surface area contributed by atoms with Gasteiger partial charge in [0.05, 0.1) is 35.0 Å². The van der Waals surface area contributed by atoms with E-state index in [9.17, 15) is 20.4 Å². The van der Waals surface area contributed by atoms with Crippen molar-refractivity contribution < 1.29 is 24.9 Å². The number of nitrogens with zero attached hydrogens (tertiary/aromatic N) is 6. The van der Waals surface area contributed by atoms with E-state index in [1.165, 1.54) is 17.8 Å². The second-order valence-corrected chi connectivity index (χ2v) is 19.6. The van der Waals surface area contributed by atoms with Gasteiger partial charge in [0.25, 0.3) is 5.95 Å². The molecule has 0 spiro atoms. The van der Waals surface area contributed by atoms with Crippen LogP contribution in [0.4, 0.5) is 5.13 Å². The number of para-hydroxylation sites is 1. The number of likely N-dealkylation sites (N-methyl/N-ethyl adjacent to an activating group) is 1. The molecule has 9 rings (SSSR count). The smallest absolute Gasteiger partial charge is 0.304 e. The number of dihydropyridines is 1. The van der Waals surface area contributed by atoms with E-state index < -0.39 is 11.9 Å². The molecule has 0 amide bonds. The molecule has 5 fully saturated rings. The number of thiazole rings is 1. The molecule has 2 aliphatic heterocycles. The summed E-state index contributed by atoms with van der Waals surface area (Å²) in [5.41, 5.74) is 11.4. The van der Waals surface area contributed by atoms with Crippen LogP contribution in [0.3, 0.4) is 0 Å². The van der Waals surface area contributed by atoms with E-state index in [1.807, 2.05) is 73.3 Å². The molecule has 1 aromatic carbocycles. The molecular formula is C44H57N9O5S. The zero-order valence-electron chi connectivity index (χ0n) is 34.8. The molecule has 59 heavy (non-hydrogen) atoms. The number of aliphatic hydroxyl groups excluding tert-OH is 1. The molecule has 14 nitrogen and oxygen atoms in total. The highest BCUT2D eigenvalue weighted by Crippen LogP contribution is 2.72. The minimum atomic E-state index is -0.841. The van der Waals surface area contributed by atoms with Gasteiger partial charge in [0.15, 0.2) is 0 Å². The number of nitrogens with one attached hydrogen (secondary N) is 2. The molecular weight excluding hydrogens is 767 g/mol. The molecule has 6 aliphatic rings. The molecule has 4 heterocycles. The zero-order chi connectivity index (χ0) is 41.9. The molecule has 4 saturated carbocycles. The quantitative estimate of drug-likeness (QED) is 0.0566. The third-order valence-corrected chi connectivity index (χ3v) is 14.2. The molecule has 2 atom stereocenters. The number of carboxylic acids is 1. The number of hydrogen-bond acceptors (Lipinski definition) is 11. The molecule has 2 unspecified atom stereocenters. The average molecular weight is 824 g/mol. The minimum absolute atomic E-state index is 0.00790. The summed E-state index contributed by atoms with van der Waals surface area (Å²) in [6, 6.07) is 7.85. The van der Waals surface area contributed by atoms with Crippen LogP contribution in [0, 0.1) is 28.6 Å². The van der Waals surface area contributed by atoms with E-state index in [1.54, 1.807) is 0 Å². The number of aromatic nitrogens is 3. The first kappa shape index (κ1) is 40.8. The maximum absolute atomic E-state index is 11.1. The first-order chi connectivity index (χ1) is 28.0. The fourth-order valence-electron chi connectivity index (χ4n) is 11.9. The fourth-order valence-corrected chi connectivity index (χ4v) is 12.7. The van der Waals surface area contributed by atoms with Crippen LogP contribution in [-0.2, 0) is 16.1 Å². The molecule has 4 bridgehead atoms. The van der Waals surface area contributed by atoms with Crippen LogP contribution in [0.5, 0.6) is 0 Å². The van der Waals surface area contributed by atoms with Crippen molar-refractivity contribution in [2.75, 3.05) is 33.3 Å². The topological polar surface area (TPSA) is 198 Å². The predicted molar refractivity (Wildman–Crippen MR) is 230 cm³/mol. The maximum Gasteiger partial charge on any atom is 0.304 e. The van der Waals surface area contributed by atoms with Gasteiger partial charge in [-0.1, -0.05) is 37.3 Å². The first-order valence-corrected chi connectivity index (χ1v) is 21.4. The summed E-state index contributed by atoms with van der Waals surface area (Å²) >= 11 is 1.47. The van der Waals surface area contributed by atoms with Gasteiger partial charge in [-0.25, -0.2) is 9.98 Å². The van der Waals surface area contributed by atoms with E-state index in [2.05, 4.69) is 33.8 Å². The number of nitrogens with two attached hydrogens (primary N) is 1. The number of benzene rings is 1. The standard InChI is InChI=1S/C44H57N9O5S/c1-27(37(45)50-40-48-32-10-6-7-11-33(32)59-40)29-9-8-15-52(38(29)46)34-13-12-30(36(49-34)39(56)57)31-19-47-53(28(31)2)26-43-21-41(3)20-42(4,22-43)24-44(23-41,25-43)58-18-17-51(5)16-14-35(54)55/h6-7,10-13,19,46,49,56-57H,8-9,14-18,20-26H2,1-5H3,(H,54,55)(H2,45,48,50)/b29-27-,46-38?. The number of aliphatic imine (C=N–C) groups is 1. The van der Waals surface area contributed by atoms with E-state index in [4.69, 9.17) is 20.7 Å². The summed E-state index contributed by atoms with van der Waals surface area (Å²) in [6.07, 6.45) is 13.5. The number of amidine groups is 2. The van der Waals surface area contributed by atoms with Crippen LogP contribution in [0.25, 0.3) is 15.8 Å². The zero-order valence-corrected chi connectivity index (χ0v) is 35.6. The number of aliphatic carboxylic acids is 1. The summed E-state index contributed by atoms with van der Waals surface area (Å²) in [6.45, 7) is 11.8. The fraction of sp³-hybridized carbons (Fsp3) is 0.523. The Morgan fingerprint density at radius 3 is 2.54 bits per heavy atom. The van der Waals surface area contributed by atoms with Gasteiger partial charge in [0.1, 0.15) is 23.2 Å². The Morgan fingerprint density at radius 2 is 1.83 bits per heavy atom. The molecule has 2 aromatic heterocycles. The van der Waals surface area contributed by atoms with Gasteiger partial charge in [-0.2, -0.15) is 5.10 Å². The maximum atomic E-state index is 11.1. The van der Waals surface area contributed by atoms with E-state index in [0.717, 1.165) is 77.7 Å². The largest absolute Gasteiger partial charge is 0.481 e. The summed E-state index contributed by atoms with van der Waals surface area (Å²) < 4.78 is 10.00. The number of hydrogen-bond donors (Lipinski definition) is 6. The molecule has 7 N–H and O–H groups in total. The molecule has 3 aromatic rings. The third kappa shape index (κ3) is 8.04. The summed E-state index contributed by atoms with van der Waals surface area (Å²) in [7, 11) is 1.95. The van der Waals surface area contributed by atoms with E-state index in [0.29, 0.717) is 55.0 Å². The average Bonchev–Trinajstić information content (AvgIpc) is 3.73. The van der Waals surface area contributed by atoms with Crippen LogP contribution in [0.15, 0.2) is 76.2 Å². The van der Waals surface area contributed by atoms with Crippen molar-refractivity contribution in [2.24, 2.45) is 27.0 Å². The van der Waals surface area contributed by atoms with Gasteiger partial charge in [0.2, 0.25) is 5.13 Å². The highest BCUT2D eigenvalue weighted by atomic mass is 32.1. The number of aliphatic hydroxyl groups is 2. The number of ether oxygens (including phenoxy) is 1. The Hall–Kier alpha value is -4.99. The van der Waals surface area contributed by atoms with Gasteiger partial charge in [-0.15, -0.1) is 0 Å². The van der Waals surface area contributed by atoms with Crippen molar-refractivity contribution in [3.63, 3.8) is 0 Å². The minimum Gasteiger partial charge on any atom is -0.481 e. The lowest BCUT2D eigenvalue weighted by Crippen LogP contribution is -2.64. The number of piperidine rings is 1. The Labute approximate surface area is 349 Å². The lowest BCUT2D eigenvalue weighted by Gasteiger charge is -2.69. The van der Waals surface area contributed by atoms with E-state index >= 15 is 0 Å². The number of rotatable bonds is 13. The number of allylic oxidation sites excluding steroid dienone is 3. The van der Waals surface area contributed by atoms with E-state index in [-0.39, 0.29) is 39.8 Å². The SMILES string of the molecule is CC(=C1\CCCN(C2=CC=C(c3cnn(CC45CC6(C)CC(C)(C4)CC(OCCN(C)CCC(=O)O)(C6)C5)c3C)C(=C(O)O)N2)C1=N)/C(N)=N\c1nc2ccccc2s1. The molecule has 314 valence electrons. The van der Waals surface area contributed by atoms with Crippen LogP contribution in [0.2, 0.25) is 0 Å². The van der Waals surface area contributed by atoms with Crippen molar-refractivity contribution in [1.29, 1.82) is 5.41 Å². The number of carbonyl (C=O) groups is 1. The van der Waals surface area contributed by atoms with Crippen LogP contribution in [0.1, 0.15) is 89.8 Å². The van der Waals surface area contributed by atoms with Crippen molar-refractivity contribution in [1.82, 2.24) is 29.9 Å². The molecule has 1 saturated heterocycles. The lowest BCUT2D eigenvalue weighted by atomic mass is 9.39. The van der Waals surface area contributed by atoms with Crippen molar-refractivity contribution in [3.8, 4) is 0 Å². The second kappa shape index (κ2) is 15.2. The lowest BCUT2D eigenvalue weighted by molar-refractivity contribution is -0.248. The predicted octanol–water partition coefficient (Wildman–Crippen LogP) is 7.54. The Morgan fingerprint density at radius 1 is 1.08 bits per heavy atom. The van der Waals surface area contributed by atoms with Crippen molar-refractivity contribution in [2.45, 2.75) is 97.6 Å². The molecule has 4 aliphatic carbocycles. The van der Waals surface area contributed by atoms with Gasteiger partial charge in [-0.05, 0) is 118 Å². The van der Waals surface area contributed by atoms with Crippen molar-refractivity contribution >= 4 is 49.9 Å². The van der Waals surface area contributed by atoms with Gasteiger partial charge in [0, 0.05) is 48.6 Å². The molecule has 15 heteroatoms. The second-order valence-electron chi connectivity index (χ2n) is 18.6. The number of fused-ring (bicyclic) bond motifs is 1. The number of carboxylic acid groups (broad SMARTS) is 1. The monoisotopic (exact) mass is 823 g/mol. The highest BCUT2D eigenvalue weighted by Gasteiger charge is 2.66. The van der Waals surface area contributed by atoms with Gasteiger partial charge in [-0.3, -0.25) is 14.9 Å². The summed E-state index contributed by atoms with van der Waals surface area (Å²) in [4.78, 5) is 24.2. The normalized spacial score (nSPS) is 28.9. The van der Waals surface area contributed by atoms with Crippen LogP contribution >= 0.6 is 11.3 Å². The van der Waals surface area contributed by atoms with Crippen molar-refractivity contribution in [3.05, 3.63) is 82.5 Å². The molecule has 0 radical (unpaired) electrons. The van der Waals surface area contributed by atoms with Gasteiger partial charge >= 0.3 is 5.97 Å². The summed E-state index contributed by atoms with van der Waals surface area (Å²) in [5.74, 6) is -0.483. The summed E-state index contributed by atoms with van der Waals surface area (Å²) in [5, 5.41) is 48.4. The Bertz CT molecular complexity index is 2300. The first-order valence-electron chi connectivity index (χ1n) is 20.6. The Balaban J connectivity index is 1.01.